The highest BCUT2D eigenvalue weighted by Crippen LogP contribution is 2.13. The van der Waals surface area contributed by atoms with Crippen LogP contribution in [0.15, 0.2) is 5.38 Å². The van der Waals surface area contributed by atoms with Gasteiger partial charge in [0.25, 0.3) is 10.2 Å². The highest BCUT2D eigenvalue weighted by atomic mass is 32.2. The highest BCUT2D eigenvalue weighted by Gasteiger charge is 2.23. The van der Waals surface area contributed by atoms with Gasteiger partial charge in [-0.2, -0.15) is 17.0 Å². The second-order valence-corrected chi connectivity index (χ2v) is 7.29. The monoisotopic (exact) mass is 292 g/mol. The number of nitrogens with two attached hydrogens (primary N) is 1. The summed E-state index contributed by atoms with van der Waals surface area (Å²) in [6, 6.07) is 0. The van der Waals surface area contributed by atoms with Crippen molar-refractivity contribution in [1.82, 2.24) is 13.6 Å². The number of aryl methyl sites for hydroxylation is 1. The number of rotatable bonds is 7. The molecule has 18 heavy (non-hydrogen) atoms. The van der Waals surface area contributed by atoms with E-state index in [-0.39, 0.29) is 0 Å². The van der Waals surface area contributed by atoms with Gasteiger partial charge in [-0.25, -0.2) is 4.98 Å². The molecule has 0 amide bonds. The van der Waals surface area contributed by atoms with Crippen LogP contribution in [0.3, 0.4) is 0 Å². The van der Waals surface area contributed by atoms with Gasteiger partial charge in [-0.3, -0.25) is 0 Å². The minimum atomic E-state index is -3.42. The van der Waals surface area contributed by atoms with Gasteiger partial charge < -0.3 is 5.73 Å². The number of nitrogens with zero attached hydrogens (tertiary/aromatic N) is 3. The average molecular weight is 292 g/mol. The molecule has 6 nitrogen and oxygen atoms in total. The van der Waals surface area contributed by atoms with Crippen LogP contribution in [-0.2, 0) is 16.8 Å². The van der Waals surface area contributed by atoms with Gasteiger partial charge in [0.15, 0.2) is 0 Å². The number of thiazole rings is 1. The molecule has 8 heteroatoms. The zero-order valence-electron chi connectivity index (χ0n) is 11.0. The molecule has 0 spiro atoms. The maximum absolute atomic E-state index is 12.1. The predicted molar refractivity (Wildman–Crippen MR) is 73.5 cm³/mol. The van der Waals surface area contributed by atoms with E-state index < -0.39 is 10.2 Å². The lowest BCUT2D eigenvalue weighted by molar-refractivity contribution is 0.385. The van der Waals surface area contributed by atoms with Crippen LogP contribution in [0.1, 0.15) is 17.1 Å². The van der Waals surface area contributed by atoms with Gasteiger partial charge >= 0.3 is 0 Å². The molecule has 104 valence electrons. The minimum absolute atomic E-state index is 0.291. The van der Waals surface area contributed by atoms with Gasteiger partial charge in [-0.15, -0.1) is 11.3 Å². The predicted octanol–water partition coefficient (Wildman–Crippen LogP) is 0.409. The van der Waals surface area contributed by atoms with Crippen LogP contribution < -0.4 is 5.73 Å². The third-order valence-electron chi connectivity index (χ3n) is 2.52. The van der Waals surface area contributed by atoms with Crippen LogP contribution in [0.2, 0.25) is 0 Å². The number of hydrogen-bond donors (Lipinski definition) is 1. The molecule has 0 saturated carbocycles. The van der Waals surface area contributed by atoms with Gasteiger partial charge in [-0.05, 0) is 19.9 Å². The summed E-state index contributed by atoms with van der Waals surface area (Å²) in [7, 11) is -0.303. The molecule has 0 saturated heterocycles. The Bertz CT molecular complexity index is 472. The summed E-state index contributed by atoms with van der Waals surface area (Å²) >= 11 is 1.52. The summed E-state index contributed by atoms with van der Waals surface area (Å²) in [6.45, 7) is 3.10. The molecule has 0 aliphatic heterocycles. The second-order valence-electron chi connectivity index (χ2n) is 4.09. The van der Waals surface area contributed by atoms with E-state index in [2.05, 4.69) is 4.98 Å². The normalized spacial score (nSPS) is 12.6. The number of aromatic nitrogens is 1. The third kappa shape index (κ3) is 3.99. The summed E-state index contributed by atoms with van der Waals surface area (Å²) in [4.78, 5) is 4.26. The molecule has 0 bridgehead atoms. The molecule has 0 radical (unpaired) electrons. The van der Waals surface area contributed by atoms with Crippen LogP contribution in [-0.4, -0.2) is 49.2 Å². The zero-order chi connectivity index (χ0) is 13.8. The fourth-order valence-corrected chi connectivity index (χ4v) is 3.19. The molecule has 1 rings (SSSR count). The lowest BCUT2D eigenvalue weighted by Crippen LogP contribution is -2.40. The summed E-state index contributed by atoms with van der Waals surface area (Å²) in [6.07, 6.45) is 0.652. The van der Waals surface area contributed by atoms with E-state index in [9.17, 15) is 8.42 Å². The molecule has 0 aliphatic rings. The van der Waals surface area contributed by atoms with Crippen molar-refractivity contribution in [2.45, 2.75) is 19.9 Å². The quantitative estimate of drug-likeness (QED) is 0.789. The lowest BCUT2D eigenvalue weighted by Gasteiger charge is -2.23. The van der Waals surface area contributed by atoms with Gasteiger partial charge in [0.1, 0.15) is 0 Å². The first-order chi connectivity index (χ1) is 8.37. The third-order valence-corrected chi connectivity index (χ3v) is 5.23. The summed E-state index contributed by atoms with van der Waals surface area (Å²) in [5, 5.41) is 2.81. The molecule has 0 aliphatic carbocycles. The topological polar surface area (TPSA) is 79.5 Å². The Hall–Kier alpha value is -0.540. The largest absolute Gasteiger partial charge is 0.330 e. The molecule has 1 aromatic heterocycles. The minimum Gasteiger partial charge on any atom is -0.330 e. The van der Waals surface area contributed by atoms with Crippen molar-refractivity contribution >= 4 is 21.5 Å². The Morgan fingerprint density at radius 1 is 1.39 bits per heavy atom. The van der Waals surface area contributed by atoms with Crippen molar-refractivity contribution in [2.24, 2.45) is 5.73 Å². The lowest BCUT2D eigenvalue weighted by atomic mass is 10.4. The standard InChI is InChI=1S/C10H20N4O2S2/c1-9-12-10(8-17-9)7-14(3)18(15,16)13(2)6-4-5-11/h8H,4-7,11H2,1-3H3. The van der Waals surface area contributed by atoms with Crippen molar-refractivity contribution in [3.63, 3.8) is 0 Å². The molecule has 0 unspecified atom stereocenters. The van der Waals surface area contributed by atoms with Gasteiger partial charge in [0.05, 0.1) is 17.2 Å². The first kappa shape index (κ1) is 15.5. The fourth-order valence-electron chi connectivity index (χ4n) is 1.46. The summed E-state index contributed by atoms with van der Waals surface area (Å²) in [5.74, 6) is 0. The van der Waals surface area contributed by atoms with E-state index in [4.69, 9.17) is 5.73 Å². The van der Waals surface area contributed by atoms with Crippen LogP contribution in [0.5, 0.6) is 0 Å². The first-order valence-electron chi connectivity index (χ1n) is 5.66. The van der Waals surface area contributed by atoms with Crippen molar-refractivity contribution < 1.29 is 8.42 Å². The SMILES string of the molecule is Cc1nc(CN(C)S(=O)(=O)N(C)CCCN)cs1. The maximum atomic E-state index is 12.1. The van der Waals surface area contributed by atoms with E-state index in [0.717, 1.165) is 10.7 Å². The summed E-state index contributed by atoms with van der Waals surface area (Å²) < 4.78 is 26.9. The van der Waals surface area contributed by atoms with E-state index in [1.165, 1.54) is 19.9 Å². The molecule has 0 aromatic carbocycles. The zero-order valence-corrected chi connectivity index (χ0v) is 12.6. The van der Waals surface area contributed by atoms with Gasteiger partial charge in [0, 0.05) is 26.0 Å². The van der Waals surface area contributed by atoms with Crippen molar-refractivity contribution in [3.05, 3.63) is 16.1 Å². The molecule has 0 fully saturated rings. The Morgan fingerprint density at radius 3 is 2.56 bits per heavy atom. The Kier molecular flexibility index (Phi) is 5.67. The number of hydrogen-bond acceptors (Lipinski definition) is 5. The fraction of sp³-hybridized carbons (Fsp3) is 0.700. The molecule has 1 aromatic rings. The Morgan fingerprint density at radius 2 is 2.06 bits per heavy atom. The molecular weight excluding hydrogens is 272 g/mol. The van der Waals surface area contributed by atoms with Crippen LogP contribution in [0.4, 0.5) is 0 Å². The average Bonchev–Trinajstić information content (AvgIpc) is 2.71. The van der Waals surface area contributed by atoms with E-state index >= 15 is 0 Å². The van der Waals surface area contributed by atoms with Crippen molar-refractivity contribution in [1.29, 1.82) is 0 Å². The van der Waals surface area contributed by atoms with E-state index in [0.29, 0.717) is 26.1 Å². The van der Waals surface area contributed by atoms with Crippen LogP contribution in [0, 0.1) is 6.92 Å². The van der Waals surface area contributed by atoms with Crippen molar-refractivity contribution in [2.75, 3.05) is 27.2 Å². The molecular formula is C10H20N4O2S2. The molecule has 1 heterocycles. The Balaban J connectivity index is 2.66. The summed E-state index contributed by atoms with van der Waals surface area (Å²) in [5.41, 5.74) is 6.15. The Labute approximate surface area is 113 Å². The van der Waals surface area contributed by atoms with Gasteiger partial charge in [0.2, 0.25) is 0 Å². The smallest absolute Gasteiger partial charge is 0.281 e. The van der Waals surface area contributed by atoms with Gasteiger partial charge in [-0.1, -0.05) is 0 Å². The molecule has 0 atom stereocenters. The van der Waals surface area contributed by atoms with E-state index in [1.54, 1.807) is 14.1 Å². The first-order valence-corrected chi connectivity index (χ1v) is 7.94. The van der Waals surface area contributed by atoms with Crippen LogP contribution in [0.25, 0.3) is 0 Å². The van der Waals surface area contributed by atoms with Crippen molar-refractivity contribution in [3.8, 4) is 0 Å². The molecule has 2 N–H and O–H groups in total. The van der Waals surface area contributed by atoms with Crippen LogP contribution >= 0.6 is 11.3 Å². The highest BCUT2D eigenvalue weighted by molar-refractivity contribution is 7.86. The maximum Gasteiger partial charge on any atom is 0.281 e. The second kappa shape index (κ2) is 6.58. The van der Waals surface area contributed by atoms with E-state index in [1.807, 2.05) is 12.3 Å².